The molecule has 0 bridgehead atoms. The van der Waals surface area contributed by atoms with Gasteiger partial charge in [0.2, 0.25) is 0 Å². The van der Waals surface area contributed by atoms with E-state index in [0.717, 1.165) is 5.92 Å². The molecule has 1 heterocycles. The Morgan fingerprint density at radius 2 is 2.09 bits per heavy atom. The van der Waals surface area contributed by atoms with Crippen LogP contribution in [0.25, 0.3) is 0 Å². The number of hydrogen-bond donors (Lipinski definition) is 2. The number of hydrogen-bond acceptors (Lipinski definition) is 4. The number of nitrogens with zero attached hydrogens (tertiary/aromatic N) is 1. The fraction of sp³-hybridized carbons (Fsp3) is 0.750. The third kappa shape index (κ3) is 3.43. The summed E-state index contributed by atoms with van der Waals surface area (Å²) in [5.74, 6) is 0.435. The van der Waals surface area contributed by atoms with E-state index < -0.39 is 0 Å². The molecule has 0 unspecified atom stereocenters. The molecule has 1 aliphatic heterocycles. The first-order valence-electron chi connectivity index (χ1n) is 8.30. The Bertz CT molecular complexity index is 495. The van der Waals surface area contributed by atoms with Crippen molar-refractivity contribution in [2.75, 3.05) is 19.7 Å². The summed E-state index contributed by atoms with van der Waals surface area (Å²) in [6.45, 7) is 5.27. The Hall–Kier alpha value is -1.56. The molecule has 0 spiro atoms. The summed E-state index contributed by atoms with van der Waals surface area (Å²) in [6, 6.07) is 0.867. The number of rotatable bonds is 7. The molecule has 6 nitrogen and oxygen atoms in total. The van der Waals surface area contributed by atoms with E-state index in [0.29, 0.717) is 36.5 Å². The predicted molar refractivity (Wildman–Crippen MR) is 82.1 cm³/mol. The van der Waals surface area contributed by atoms with E-state index in [9.17, 15) is 9.59 Å². The Labute approximate surface area is 131 Å². The standard InChI is InChI=1S/C16H25N3O3/c1-3-22-15(20)13-8-17-16(21)18-14(13)9-19(12-6-7-12)10(2)11-4-5-11/h10-12H,3-9H2,1-2H3,(H2,17,18,21)/t10-/m0/s1. The molecule has 2 saturated carbocycles. The lowest BCUT2D eigenvalue weighted by Gasteiger charge is -2.32. The highest BCUT2D eigenvalue weighted by Crippen LogP contribution is 2.40. The first-order chi connectivity index (χ1) is 10.6. The van der Waals surface area contributed by atoms with Crippen LogP contribution in [0.1, 0.15) is 39.5 Å². The molecule has 3 rings (SSSR count). The van der Waals surface area contributed by atoms with Gasteiger partial charge in [0.25, 0.3) is 0 Å². The van der Waals surface area contributed by atoms with Crippen molar-refractivity contribution in [2.24, 2.45) is 5.92 Å². The van der Waals surface area contributed by atoms with E-state index in [1.165, 1.54) is 25.7 Å². The van der Waals surface area contributed by atoms with Crippen molar-refractivity contribution in [1.29, 1.82) is 0 Å². The molecule has 2 amide bonds. The summed E-state index contributed by atoms with van der Waals surface area (Å²) in [6.07, 6.45) is 5.01. The van der Waals surface area contributed by atoms with Gasteiger partial charge in [-0.2, -0.15) is 0 Å². The van der Waals surface area contributed by atoms with Crippen LogP contribution in [0, 0.1) is 5.92 Å². The number of esters is 1. The summed E-state index contributed by atoms with van der Waals surface area (Å²) in [5, 5.41) is 5.48. The van der Waals surface area contributed by atoms with Gasteiger partial charge in [-0.25, -0.2) is 9.59 Å². The average molecular weight is 307 g/mol. The van der Waals surface area contributed by atoms with E-state index in [1.54, 1.807) is 6.92 Å². The van der Waals surface area contributed by atoms with Crippen molar-refractivity contribution in [3.63, 3.8) is 0 Å². The molecule has 122 valence electrons. The normalized spacial score (nSPS) is 23.1. The first-order valence-corrected chi connectivity index (χ1v) is 8.30. The molecular weight excluding hydrogens is 282 g/mol. The Morgan fingerprint density at radius 1 is 1.36 bits per heavy atom. The molecule has 0 aromatic heterocycles. The second-order valence-corrected chi connectivity index (χ2v) is 6.47. The Morgan fingerprint density at radius 3 is 2.68 bits per heavy atom. The molecular formula is C16H25N3O3. The number of nitrogens with one attached hydrogen (secondary N) is 2. The zero-order valence-corrected chi connectivity index (χ0v) is 13.4. The van der Waals surface area contributed by atoms with Crippen LogP contribution in [0.3, 0.4) is 0 Å². The quantitative estimate of drug-likeness (QED) is 0.697. The third-order valence-electron chi connectivity index (χ3n) is 4.76. The summed E-state index contributed by atoms with van der Waals surface area (Å²) in [7, 11) is 0. The summed E-state index contributed by atoms with van der Waals surface area (Å²) < 4.78 is 5.12. The summed E-state index contributed by atoms with van der Waals surface area (Å²) in [4.78, 5) is 26.2. The smallest absolute Gasteiger partial charge is 0.337 e. The monoisotopic (exact) mass is 307 g/mol. The Kier molecular flexibility index (Phi) is 4.38. The number of urea groups is 1. The second kappa shape index (κ2) is 6.28. The molecule has 6 heteroatoms. The zero-order valence-electron chi connectivity index (χ0n) is 13.4. The number of ether oxygens (including phenoxy) is 1. The highest BCUT2D eigenvalue weighted by molar-refractivity contribution is 5.93. The predicted octanol–water partition coefficient (Wildman–Crippen LogP) is 1.38. The lowest BCUT2D eigenvalue weighted by atomic mass is 10.1. The molecule has 0 saturated heterocycles. The maximum atomic E-state index is 12.1. The second-order valence-electron chi connectivity index (χ2n) is 6.47. The number of amides is 2. The topological polar surface area (TPSA) is 70.7 Å². The minimum Gasteiger partial charge on any atom is -0.463 e. The van der Waals surface area contributed by atoms with Crippen molar-refractivity contribution in [3.05, 3.63) is 11.3 Å². The van der Waals surface area contributed by atoms with E-state index in [-0.39, 0.29) is 18.5 Å². The van der Waals surface area contributed by atoms with Crippen LogP contribution < -0.4 is 10.6 Å². The van der Waals surface area contributed by atoms with E-state index >= 15 is 0 Å². The van der Waals surface area contributed by atoms with Gasteiger partial charge in [0.1, 0.15) is 0 Å². The van der Waals surface area contributed by atoms with E-state index in [1.807, 2.05) is 0 Å². The highest BCUT2D eigenvalue weighted by atomic mass is 16.5. The molecule has 0 radical (unpaired) electrons. The largest absolute Gasteiger partial charge is 0.463 e. The van der Waals surface area contributed by atoms with Gasteiger partial charge in [0.05, 0.1) is 18.7 Å². The van der Waals surface area contributed by atoms with Crippen LogP contribution in [0.2, 0.25) is 0 Å². The van der Waals surface area contributed by atoms with Crippen LogP contribution in [0.4, 0.5) is 4.79 Å². The lowest BCUT2D eigenvalue weighted by molar-refractivity contribution is -0.138. The van der Waals surface area contributed by atoms with Gasteiger partial charge in [0.15, 0.2) is 0 Å². The molecule has 2 aliphatic carbocycles. The van der Waals surface area contributed by atoms with E-state index in [4.69, 9.17) is 4.74 Å². The maximum absolute atomic E-state index is 12.1. The Balaban J connectivity index is 1.77. The highest BCUT2D eigenvalue weighted by Gasteiger charge is 2.40. The van der Waals surface area contributed by atoms with Gasteiger partial charge in [0, 0.05) is 24.3 Å². The van der Waals surface area contributed by atoms with Crippen molar-refractivity contribution in [3.8, 4) is 0 Å². The van der Waals surface area contributed by atoms with Crippen LogP contribution in [-0.2, 0) is 9.53 Å². The van der Waals surface area contributed by atoms with Gasteiger partial charge in [-0.15, -0.1) is 0 Å². The van der Waals surface area contributed by atoms with Crippen LogP contribution in [0.5, 0.6) is 0 Å². The lowest BCUT2D eigenvalue weighted by Crippen LogP contribution is -2.48. The average Bonchev–Trinajstić information content (AvgIpc) is 3.38. The molecule has 22 heavy (non-hydrogen) atoms. The minimum atomic E-state index is -0.333. The zero-order chi connectivity index (χ0) is 15.7. The van der Waals surface area contributed by atoms with Gasteiger partial charge >= 0.3 is 12.0 Å². The first kappa shape index (κ1) is 15.3. The molecule has 1 atom stereocenters. The molecule has 3 aliphatic rings. The fourth-order valence-electron chi connectivity index (χ4n) is 3.12. The molecule has 0 aromatic carbocycles. The summed E-state index contributed by atoms with van der Waals surface area (Å²) >= 11 is 0. The van der Waals surface area contributed by atoms with E-state index in [2.05, 4.69) is 22.5 Å². The van der Waals surface area contributed by atoms with Gasteiger partial charge < -0.3 is 15.4 Å². The maximum Gasteiger partial charge on any atom is 0.337 e. The van der Waals surface area contributed by atoms with Crippen molar-refractivity contribution < 1.29 is 14.3 Å². The van der Waals surface area contributed by atoms with Crippen LogP contribution >= 0.6 is 0 Å². The van der Waals surface area contributed by atoms with Crippen molar-refractivity contribution in [1.82, 2.24) is 15.5 Å². The van der Waals surface area contributed by atoms with Crippen molar-refractivity contribution >= 4 is 12.0 Å². The SMILES string of the molecule is CCOC(=O)C1=C(CN(C2CC2)[C@@H](C)C2CC2)NC(=O)NC1. The van der Waals surface area contributed by atoms with Gasteiger partial charge in [-0.3, -0.25) is 4.90 Å². The third-order valence-corrected chi connectivity index (χ3v) is 4.76. The molecule has 2 fully saturated rings. The van der Waals surface area contributed by atoms with Crippen LogP contribution in [-0.4, -0.2) is 48.7 Å². The fourth-order valence-corrected chi connectivity index (χ4v) is 3.12. The minimum absolute atomic E-state index is 0.238. The molecule has 2 N–H and O–H groups in total. The number of carbonyl (C=O) groups excluding carboxylic acids is 2. The molecule has 0 aromatic rings. The number of carbonyl (C=O) groups is 2. The van der Waals surface area contributed by atoms with Gasteiger partial charge in [-0.05, 0) is 45.4 Å². The van der Waals surface area contributed by atoms with Gasteiger partial charge in [-0.1, -0.05) is 0 Å². The summed E-state index contributed by atoms with van der Waals surface area (Å²) in [5.41, 5.74) is 1.26. The van der Waals surface area contributed by atoms with Crippen molar-refractivity contribution in [2.45, 2.75) is 51.6 Å². The van der Waals surface area contributed by atoms with Crippen LogP contribution in [0.15, 0.2) is 11.3 Å².